The highest BCUT2D eigenvalue weighted by Crippen LogP contribution is 2.37. The highest BCUT2D eigenvalue weighted by molar-refractivity contribution is 7.11. The van der Waals surface area contributed by atoms with Gasteiger partial charge in [0, 0.05) is 41.0 Å². The SMILES string of the molecule is COc1cc2nccc(Oc3ccc(NC(=O)c4nccs4)cc3F)c2cc1OC.O=C(O)C(F)(F)F. The first-order valence-electron chi connectivity index (χ1n) is 10.0. The molecule has 2 aromatic heterocycles. The number of aliphatic carboxylic acids is 1. The molecule has 0 atom stereocenters. The van der Waals surface area contributed by atoms with Crippen LogP contribution in [0, 0.1) is 5.82 Å². The number of hydrogen-bond donors (Lipinski definition) is 2. The third kappa shape index (κ3) is 6.82. The molecule has 0 aliphatic heterocycles. The van der Waals surface area contributed by atoms with E-state index in [4.69, 9.17) is 24.1 Å². The highest BCUT2D eigenvalue weighted by atomic mass is 32.1. The van der Waals surface area contributed by atoms with Crippen LogP contribution in [0.3, 0.4) is 0 Å². The largest absolute Gasteiger partial charge is 0.493 e. The van der Waals surface area contributed by atoms with Crippen LogP contribution in [0.5, 0.6) is 23.0 Å². The molecular weight excluding hydrogens is 522 g/mol. The molecule has 14 heteroatoms. The average Bonchev–Trinajstić information content (AvgIpc) is 3.40. The predicted octanol–water partition coefficient (Wildman–Crippen LogP) is 5.53. The van der Waals surface area contributed by atoms with E-state index in [-0.39, 0.29) is 5.75 Å². The molecule has 0 saturated heterocycles. The molecule has 0 spiro atoms. The Kier molecular flexibility index (Phi) is 8.45. The van der Waals surface area contributed by atoms with Crippen LogP contribution < -0.4 is 19.5 Å². The maximum Gasteiger partial charge on any atom is 0.490 e. The van der Waals surface area contributed by atoms with Crippen molar-refractivity contribution in [3.05, 3.63) is 65.0 Å². The number of pyridine rings is 1. The first-order valence-corrected chi connectivity index (χ1v) is 10.9. The summed E-state index contributed by atoms with van der Waals surface area (Å²) < 4.78 is 62.8. The third-order valence-electron chi connectivity index (χ3n) is 4.49. The first kappa shape index (κ1) is 27.1. The van der Waals surface area contributed by atoms with Crippen molar-refractivity contribution in [3.63, 3.8) is 0 Å². The van der Waals surface area contributed by atoms with E-state index in [0.29, 0.717) is 38.8 Å². The van der Waals surface area contributed by atoms with E-state index in [9.17, 15) is 22.4 Å². The Balaban J connectivity index is 0.000000479. The Bertz CT molecular complexity index is 1410. The summed E-state index contributed by atoms with van der Waals surface area (Å²) in [4.78, 5) is 29.2. The highest BCUT2D eigenvalue weighted by Gasteiger charge is 2.38. The molecule has 1 amide bonds. The number of ether oxygens (including phenoxy) is 3. The van der Waals surface area contributed by atoms with Gasteiger partial charge in [-0.05, 0) is 24.3 Å². The minimum atomic E-state index is -5.08. The van der Waals surface area contributed by atoms with Gasteiger partial charge < -0.3 is 24.6 Å². The van der Waals surface area contributed by atoms with Crippen LogP contribution in [-0.4, -0.2) is 47.3 Å². The van der Waals surface area contributed by atoms with Crippen LogP contribution in [0.25, 0.3) is 10.9 Å². The van der Waals surface area contributed by atoms with Crippen molar-refractivity contribution in [1.29, 1.82) is 0 Å². The van der Waals surface area contributed by atoms with Crippen molar-refractivity contribution < 1.29 is 46.5 Å². The van der Waals surface area contributed by atoms with Crippen LogP contribution in [0.2, 0.25) is 0 Å². The molecule has 0 unspecified atom stereocenters. The van der Waals surface area contributed by atoms with Gasteiger partial charge in [-0.15, -0.1) is 11.3 Å². The Hall–Kier alpha value is -4.46. The van der Waals surface area contributed by atoms with Crippen LogP contribution in [-0.2, 0) is 4.79 Å². The van der Waals surface area contributed by atoms with Crippen molar-refractivity contribution in [2.24, 2.45) is 0 Å². The Morgan fingerprint density at radius 1 is 0.946 bits per heavy atom. The lowest BCUT2D eigenvalue weighted by Crippen LogP contribution is -2.21. The van der Waals surface area contributed by atoms with E-state index in [1.807, 2.05) is 0 Å². The number of alkyl halides is 3. The molecule has 0 fully saturated rings. The van der Waals surface area contributed by atoms with Gasteiger partial charge in [0.1, 0.15) is 5.75 Å². The second-order valence-corrected chi connectivity index (χ2v) is 7.77. The summed E-state index contributed by atoms with van der Waals surface area (Å²) in [5.74, 6) is -2.35. The summed E-state index contributed by atoms with van der Waals surface area (Å²) >= 11 is 1.20. The van der Waals surface area contributed by atoms with Gasteiger partial charge in [0.05, 0.1) is 19.7 Å². The average molecular weight is 539 g/mol. The van der Waals surface area contributed by atoms with E-state index < -0.39 is 23.9 Å². The molecule has 2 heterocycles. The number of nitrogens with zero attached hydrogens (tertiary/aromatic N) is 2. The lowest BCUT2D eigenvalue weighted by Gasteiger charge is -2.13. The quantitative estimate of drug-likeness (QED) is 0.307. The maximum atomic E-state index is 14.6. The van der Waals surface area contributed by atoms with Gasteiger partial charge in [-0.1, -0.05) is 0 Å². The van der Waals surface area contributed by atoms with Crippen molar-refractivity contribution in [2.45, 2.75) is 6.18 Å². The fraction of sp³-hybridized carbons (Fsp3) is 0.130. The second-order valence-electron chi connectivity index (χ2n) is 6.87. The minimum absolute atomic E-state index is 0.00420. The van der Waals surface area contributed by atoms with Gasteiger partial charge in [0.15, 0.2) is 28.1 Å². The number of carboxylic acid groups (broad SMARTS) is 1. The number of aromatic nitrogens is 2. The number of amides is 1. The van der Waals surface area contributed by atoms with E-state index in [1.54, 1.807) is 35.8 Å². The minimum Gasteiger partial charge on any atom is -0.493 e. The van der Waals surface area contributed by atoms with Crippen molar-refractivity contribution in [2.75, 3.05) is 19.5 Å². The summed E-state index contributed by atoms with van der Waals surface area (Å²) in [5.41, 5.74) is 0.906. The molecule has 0 radical (unpaired) electrons. The number of hydrogen-bond acceptors (Lipinski definition) is 8. The van der Waals surface area contributed by atoms with Gasteiger partial charge in [-0.3, -0.25) is 9.78 Å². The number of carbonyl (C=O) groups is 2. The fourth-order valence-corrected chi connectivity index (χ4v) is 3.37. The number of carbonyl (C=O) groups excluding carboxylic acids is 1. The van der Waals surface area contributed by atoms with Gasteiger partial charge in [-0.25, -0.2) is 14.2 Å². The topological polar surface area (TPSA) is 120 Å². The van der Waals surface area contributed by atoms with E-state index in [0.717, 1.165) is 0 Å². The molecule has 9 nitrogen and oxygen atoms in total. The van der Waals surface area contributed by atoms with Crippen molar-refractivity contribution in [1.82, 2.24) is 9.97 Å². The van der Waals surface area contributed by atoms with E-state index in [1.165, 1.54) is 43.9 Å². The zero-order valence-electron chi connectivity index (χ0n) is 19.0. The Labute approximate surface area is 210 Å². The number of halogens is 4. The Morgan fingerprint density at radius 2 is 1.62 bits per heavy atom. The van der Waals surface area contributed by atoms with Gasteiger partial charge in [0.25, 0.3) is 5.91 Å². The lowest BCUT2D eigenvalue weighted by molar-refractivity contribution is -0.192. The molecule has 37 heavy (non-hydrogen) atoms. The molecule has 2 aromatic carbocycles. The molecule has 2 N–H and O–H groups in total. The number of thiazole rings is 1. The molecule has 4 rings (SSSR count). The molecule has 194 valence electrons. The first-order chi connectivity index (χ1) is 17.5. The molecule has 0 saturated carbocycles. The number of carboxylic acids is 1. The number of rotatable bonds is 6. The summed E-state index contributed by atoms with van der Waals surface area (Å²) in [6, 6.07) is 9.25. The van der Waals surface area contributed by atoms with Crippen LogP contribution in [0.4, 0.5) is 23.2 Å². The maximum absolute atomic E-state index is 14.6. The molecule has 0 aliphatic carbocycles. The number of fused-ring (bicyclic) bond motifs is 1. The molecule has 0 aliphatic rings. The smallest absolute Gasteiger partial charge is 0.490 e. The standard InChI is InChI=1S/C21H16FN3O4S.C2HF3O2/c1-27-18-10-13-15(11-19(18)28-2)23-6-5-16(13)29-17-4-3-12(9-14(17)22)25-20(26)21-24-7-8-30-21;3-2(4,5)1(6)7/h3-11H,1-2H3,(H,25,26);(H,6,7). The normalized spacial score (nSPS) is 10.8. The number of anilines is 1. The fourth-order valence-electron chi connectivity index (χ4n) is 2.84. The summed E-state index contributed by atoms with van der Waals surface area (Å²) in [6.45, 7) is 0. The number of nitrogens with one attached hydrogen (secondary N) is 1. The van der Waals surface area contributed by atoms with E-state index >= 15 is 0 Å². The van der Waals surface area contributed by atoms with E-state index in [2.05, 4.69) is 15.3 Å². The monoisotopic (exact) mass is 539 g/mol. The number of benzene rings is 2. The second kappa shape index (κ2) is 11.5. The Morgan fingerprint density at radius 3 is 2.19 bits per heavy atom. The molecular formula is C23H17F4N3O6S. The van der Waals surface area contributed by atoms with Crippen molar-refractivity contribution >= 4 is 39.8 Å². The van der Waals surface area contributed by atoms with Crippen LogP contribution >= 0.6 is 11.3 Å². The van der Waals surface area contributed by atoms with Crippen LogP contribution in [0.1, 0.15) is 9.80 Å². The predicted molar refractivity (Wildman–Crippen MR) is 125 cm³/mol. The zero-order chi connectivity index (χ0) is 27.2. The summed E-state index contributed by atoms with van der Waals surface area (Å²) in [5, 5.41) is 12.4. The summed E-state index contributed by atoms with van der Waals surface area (Å²) in [6.07, 6.45) is -2.00. The van der Waals surface area contributed by atoms with Gasteiger partial charge in [-0.2, -0.15) is 13.2 Å². The number of methoxy groups -OCH3 is 2. The van der Waals surface area contributed by atoms with Crippen molar-refractivity contribution in [3.8, 4) is 23.0 Å². The van der Waals surface area contributed by atoms with Crippen LogP contribution in [0.15, 0.2) is 54.2 Å². The molecule has 4 aromatic rings. The third-order valence-corrected chi connectivity index (χ3v) is 5.26. The van der Waals surface area contributed by atoms with Gasteiger partial charge >= 0.3 is 12.1 Å². The summed E-state index contributed by atoms with van der Waals surface area (Å²) in [7, 11) is 3.06. The lowest BCUT2D eigenvalue weighted by atomic mass is 10.2. The zero-order valence-corrected chi connectivity index (χ0v) is 19.8. The van der Waals surface area contributed by atoms with Gasteiger partial charge in [0.2, 0.25) is 0 Å². The molecule has 0 bridgehead atoms.